The first-order valence-corrected chi connectivity index (χ1v) is 5.54. The van der Waals surface area contributed by atoms with Crippen LogP contribution < -0.4 is 0 Å². The second-order valence-corrected chi connectivity index (χ2v) is 4.72. The van der Waals surface area contributed by atoms with Gasteiger partial charge in [0.25, 0.3) is 0 Å². The molecule has 0 unspecified atom stereocenters. The maximum atomic E-state index is 11.2. The molecule has 0 aliphatic rings. The van der Waals surface area contributed by atoms with Crippen LogP contribution in [0, 0.1) is 0 Å². The topological polar surface area (TPSA) is 22.0 Å². The van der Waals surface area contributed by atoms with E-state index in [0.29, 0.717) is 5.69 Å². The summed E-state index contributed by atoms with van der Waals surface area (Å²) in [6.07, 6.45) is 0. The van der Waals surface area contributed by atoms with Crippen molar-refractivity contribution in [3.05, 3.63) is 19.2 Å². The third kappa shape index (κ3) is 1.54. The zero-order valence-electron chi connectivity index (χ0n) is 6.49. The van der Waals surface area contributed by atoms with Crippen LogP contribution in [0.5, 0.6) is 0 Å². The molecule has 0 amide bonds. The molecule has 0 spiro atoms. The van der Waals surface area contributed by atoms with Crippen molar-refractivity contribution in [3.63, 3.8) is 0 Å². The molecule has 12 heavy (non-hydrogen) atoms. The van der Waals surface area contributed by atoms with E-state index < -0.39 is 0 Å². The summed E-state index contributed by atoms with van der Waals surface area (Å²) in [5.41, 5.74) is 0.661. The molecule has 0 aliphatic heterocycles. The number of halogens is 3. The zero-order chi connectivity index (χ0) is 9.46. The van der Waals surface area contributed by atoms with E-state index in [9.17, 15) is 4.79 Å². The Balaban J connectivity index is 3.48. The molecule has 1 aromatic heterocycles. The van der Waals surface area contributed by atoms with Gasteiger partial charge in [-0.05, 0) is 47.8 Å². The molecule has 2 nitrogen and oxygen atoms in total. The Labute approximate surface area is 95.7 Å². The molecule has 1 heterocycles. The molecule has 0 aliphatic carbocycles. The average Bonchev–Trinajstić information content (AvgIpc) is 2.16. The minimum absolute atomic E-state index is 0.0378. The zero-order valence-corrected chi connectivity index (χ0v) is 11.2. The Bertz CT molecular complexity index is 317. The van der Waals surface area contributed by atoms with Crippen LogP contribution in [0.2, 0.25) is 0 Å². The van der Waals surface area contributed by atoms with Crippen LogP contribution in [0.4, 0.5) is 0 Å². The fourth-order valence-electron chi connectivity index (χ4n) is 0.978. The molecule has 1 rings (SSSR count). The molecule has 0 saturated heterocycles. The van der Waals surface area contributed by atoms with Crippen LogP contribution >= 0.6 is 47.8 Å². The summed E-state index contributed by atoms with van der Waals surface area (Å²) in [5.74, 6) is 0.0378. The summed E-state index contributed by atoms with van der Waals surface area (Å²) in [6.45, 7) is 1.54. The number of hydrogen-bond donors (Lipinski definition) is 0. The number of ketones is 1. The highest BCUT2D eigenvalue weighted by atomic mass is 79.9. The van der Waals surface area contributed by atoms with Crippen LogP contribution in [0.3, 0.4) is 0 Å². The first-order chi connectivity index (χ1) is 5.46. The third-order valence-electron chi connectivity index (χ3n) is 1.55. The molecular weight excluding hydrogens is 354 g/mol. The van der Waals surface area contributed by atoms with Gasteiger partial charge in [0, 0.05) is 14.0 Å². The van der Waals surface area contributed by atoms with E-state index in [0.717, 1.165) is 13.5 Å². The van der Waals surface area contributed by atoms with E-state index in [1.165, 1.54) is 0 Å². The fraction of sp³-hybridized carbons (Fsp3) is 0.286. The molecule has 0 bridgehead atoms. The minimum atomic E-state index is 0.0378. The van der Waals surface area contributed by atoms with Crippen molar-refractivity contribution in [3.8, 4) is 0 Å². The molecular formula is C7H6Br3NO. The Morgan fingerprint density at radius 2 is 1.75 bits per heavy atom. The van der Waals surface area contributed by atoms with Crippen molar-refractivity contribution in [2.75, 3.05) is 0 Å². The molecule has 5 heteroatoms. The summed E-state index contributed by atoms with van der Waals surface area (Å²) >= 11 is 10.0. The van der Waals surface area contributed by atoms with Crippen LogP contribution in [-0.2, 0) is 7.05 Å². The van der Waals surface area contributed by atoms with Crippen LogP contribution in [0.25, 0.3) is 0 Å². The number of nitrogens with zero attached hydrogens (tertiary/aromatic N) is 1. The fourth-order valence-corrected chi connectivity index (χ4v) is 2.81. The van der Waals surface area contributed by atoms with Gasteiger partial charge in [0.15, 0.2) is 5.78 Å². The predicted octanol–water partition coefficient (Wildman–Crippen LogP) is 3.52. The van der Waals surface area contributed by atoms with Crippen molar-refractivity contribution in [2.45, 2.75) is 6.92 Å². The minimum Gasteiger partial charge on any atom is -0.334 e. The summed E-state index contributed by atoms with van der Waals surface area (Å²) in [5, 5.41) is 0. The molecule has 0 N–H and O–H groups in total. The first-order valence-electron chi connectivity index (χ1n) is 3.17. The second kappa shape index (κ2) is 3.64. The van der Waals surface area contributed by atoms with Crippen molar-refractivity contribution in [1.29, 1.82) is 0 Å². The Hall–Kier alpha value is 0.390. The van der Waals surface area contributed by atoms with Gasteiger partial charge < -0.3 is 4.57 Å². The highest BCUT2D eigenvalue weighted by Crippen LogP contribution is 2.35. The van der Waals surface area contributed by atoms with Crippen molar-refractivity contribution in [1.82, 2.24) is 4.57 Å². The predicted molar refractivity (Wildman–Crippen MR) is 58.5 cm³/mol. The normalized spacial score (nSPS) is 10.4. The highest BCUT2D eigenvalue weighted by Gasteiger charge is 2.18. The van der Waals surface area contributed by atoms with E-state index in [4.69, 9.17) is 0 Å². The second-order valence-electron chi connectivity index (χ2n) is 2.38. The van der Waals surface area contributed by atoms with Gasteiger partial charge in [0.2, 0.25) is 0 Å². The van der Waals surface area contributed by atoms with Gasteiger partial charge in [0.1, 0.15) is 10.3 Å². The van der Waals surface area contributed by atoms with Gasteiger partial charge in [-0.3, -0.25) is 4.79 Å². The SMILES string of the molecule is CC(=O)c1c(Br)c(Br)c(Br)n1C. The number of rotatable bonds is 1. The summed E-state index contributed by atoms with van der Waals surface area (Å²) in [4.78, 5) is 11.2. The smallest absolute Gasteiger partial charge is 0.177 e. The van der Waals surface area contributed by atoms with E-state index >= 15 is 0 Å². The number of aromatic nitrogens is 1. The van der Waals surface area contributed by atoms with Gasteiger partial charge in [0.05, 0.1) is 8.95 Å². The van der Waals surface area contributed by atoms with Gasteiger partial charge in [-0.2, -0.15) is 0 Å². The molecule has 1 aromatic rings. The number of hydrogen-bond acceptors (Lipinski definition) is 1. The van der Waals surface area contributed by atoms with Crippen LogP contribution in [0.15, 0.2) is 13.5 Å². The lowest BCUT2D eigenvalue weighted by atomic mass is 10.3. The Morgan fingerprint density at radius 3 is 1.92 bits per heavy atom. The first kappa shape index (κ1) is 10.5. The van der Waals surface area contributed by atoms with Crippen LogP contribution in [-0.4, -0.2) is 10.4 Å². The van der Waals surface area contributed by atoms with E-state index in [1.807, 2.05) is 7.05 Å². The Kier molecular flexibility index (Phi) is 3.17. The van der Waals surface area contributed by atoms with E-state index in [1.54, 1.807) is 11.5 Å². The lowest BCUT2D eigenvalue weighted by Gasteiger charge is -1.98. The summed E-state index contributed by atoms with van der Waals surface area (Å²) < 4.78 is 4.32. The lowest BCUT2D eigenvalue weighted by Crippen LogP contribution is -2.01. The van der Waals surface area contributed by atoms with Crippen molar-refractivity contribution >= 4 is 53.6 Å². The average molecular weight is 360 g/mol. The van der Waals surface area contributed by atoms with E-state index in [-0.39, 0.29) is 5.78 Å². The molecule has 0 fully saturated rings. The number of carbonyl (C=O) groups is 1. The van der Waals surface area contributed by atoms with Crippen molar-refractivity contribution in [2.24, 2.45) is 7.05 Å². The maximum Gasteiger partial charge on any atom is 0.177 e. The van der Waals surface area contributed by atoms with Gasteiger partial charge in [-0.15, -0.1) is 0 Å². The van der Waals surface area contributed by atoms with Gasteiger partial charge in [-0.25, -0.2) is 0 Å². The van der Waals surface area contributed by atoms with Crippen molar-refractivity contribution < 1.29 is 4.79 Å². The molecule has 0 radical (unpaired) electrons. The molecule has 0 atom stereocenters. The van der Waals surface area contributed by atoms with Gasteiger partial charge >= 0.3 is 0 Å². The highest BCUT2D eigenvalue weighted by molar-refractivity contribution is 9.14. The monoisotopic (exact) mass is 357 g/mol. The van der Waals surface area contributed by atoms with Gasteiger partial charge in [-0.1, -0.05) is 0 Å². The quantitative estimate of drug-likeness (QED) is 0.703. The number of Topliss-reactive ketones (excluding diaryl/α,β-unsaturated/α-hetero) is 1. The molecule has 0 aromatic carbocycles. The lowest BCUT2D eigenvalue weighted by molar-refractivity contribution is 0.100. The van der Waals surface area contributed by atoms with E-state index in [2.05, 4.69) is 47.8 Å². The number of carbonyl (C=O) groups excluding carboxylic acids is 1. The standard InChI is InChI=1S/C7H6Br3NO/c1-3(12)6-4(8)5(9)7(10)11(6)2/h1-2H3. The molecule has 66 valence electrons. The van der Waals surface area contributed by atoms with Crippen LogP contribution in [0.1, 0.15) is 17.4 Å². The maximum absolute atomic E-state index is 11.2. The molecule has 0 saturated carbocycles. The third-order valence-corrected chi connectivity index (χ3v) is 5.08. The summed E-state index contributed by atoms with van der Waals surface area (Å²) in [7, 11) is 1.83. The Morgan fingerprint density at radius 1 is 1.25 bits per heavy atom. The summed E-state index contributed by atoms with van der Waals surface area (Å²) in [6, 6.07) is 0. The largest absolute Gasteiger partial charge is 0.334 e.